The van der Waals surface area contributed by atoms with Crippen molar-refractivity contribution in [3.8, 4) is 0 Å². The van der Waals surface area contributed by atoms with Gasteiger partial charge in [0.1, 0.15) is 5.82 Å². The Morgan fingerprint density at radius 2 is 2.00 bits per heavy atom. The molecule has 2 fully saturated rings. The van der Waals surface area contributed by atoms with Gasteiger partial charge in [-0.05, 0) is 31.6 Å². The first-order valence-electron chi connectivity index (χ1n) is 7.00. The van der Waals surface area contributed by atoms with Crippen molar-refractivity contribution in [1.82, 2.24) is 14.8 Å². The molecule has 4 nitrogen and oxygen atoms in total. The predicted octanol–water partition coefficient (Wildman–Crippen LogP) is 2.57. The minimum Gasteiger partial charge on any atom is -0.327 e. The van der Waals surface area contributed by atoms with Gasteiger partial charge in [0.2, 0.25) is 0 Å². The van der Waals surface area contributed by atoms with Gasteiger partial charge in [-0.2, -0.15) is 0 Å². The van der Waals surface area contributed by atoms with Crippen molar-refractivity contribution in [3.05, 3.63) is 5.82 Å². The molecule has 0 saturated heterocycles. The quantitative estimate of drug-likeness (QED) is 0.804. The lowest BCUT2D eigenvalue weighted by Crippen LogP contribution is -2.29. The lowest BCUT2D eigenvalue weighted by molar-refractivity contribution is 0.534. The molecule has 2 saturated carbocycles. The molecule has 5 heteroatoms. The Kier molecular flexibility index (Phi) is 3.36. The van der Waals surface area contributed by atoms with E-state index < -0.39 is 0 Å². The van der Waals surface area contributed by atoms with Crippen LogP contribution in [0.25, 0.3) is 0 Å². The molecule has 1 aromatic rings. The van der Waals surface area contributed by atoms with E-state index in [4.69, 9.17) is 5.73 Å². The molecular formula is C13H22N4S. The number of hydrogen-bond acceptors (Lipinski definition) is 4. The monoisotopic (exact) mass is 266 g/mol. The van der Waals surface area contributed by atoms with Crippen molar-refractivity contribution in [1.29, 1.82) is 0 Å². The van der Waals surface area contributed by atoms with Crippen molar-refractivity contribution in [2.75, 3.05) is 5.75 Å². The number of rotatable bonds is 6. The molecule has 2 aliphatic carbocycles. The summed E-state index contributed by atoms with van der Waals surface area (Å²) in [5.41, 5.74) is 6.11. The number of nitrogens with zero attached hydrogens (tertiary/aromatic N) is 3. The fourth-order valence-corrected chi connectivity index (χ4v) is 3.25. The molecule has 1 heterocycles. The summed E-state index contributed by atoms with van der Waals surface area (Å²) in [4.78, 5) is 0. The number of nitrogens with two attached hydrogens (primary N) is 1. The number of thioether (sulfide) groups is 1. The highest BCUT2D eigenvalue weighted by Crippen LogP contribution is 2.46. The summed E-state index contributed by atoms with van der Waals surface area (Å²) in [6, 6.07) is 0.914. The second-order valence-electron chi connectivity index (χ2n) is 5.94. The van der Waals surface area contributed by atoms with Crippen LogP contribution in [-0.2, 0) is 0 Å². The average Bonchev–Trinajstić information content (AvgIpc) is 3.24. The Labute approximate surface area is 113 Å². The van der Waals surface area contributed by atoms with Crippen LogP contribution in [0.2, 0.25) is 0 Å². The molecule has 3 rings (SSSR count). The van der Waals surface area contributed by atoms with Crippen molar-refractivity contribution in [2.24, 2.45) is 11.7 Å². The van der Waals surface area contributed by atoms with Crippen LogP contribution < -0.4 is 5.73 Å². The summed E-state index contributed by atoms with van der Waals surface area (Å²) in [6.45, 7) is 4.35. The first kappa shape index (κ1) is 12.5. The van der Waals surface area contributed by atoms with Crippen molar-refractivity contribution in [2.45, 2.75) is 62.7 Å². The Balaban J connectivity index is 1.71. The Hall–Kier alpha value is -0.550. The van der Waals surface area contributed by atoms with Crippen LogP contribution >= 0.6 is 11.8 Å². The third-order valence-corrected chi connectivity index (χ3v) is 4.89. The van der Waals surface area contributed by atoms with Crippen LogP contribution in [0, 0.1) is 5.92 Å². The van der Waals surface area contributed by atoms with Gasteiger partial charge in [0, 0.05) is 23.8 Å². The summed E-state index contributed by atoms with van der Waals surface area (Å²) >= 11 is 1.78. The molecule has 0 radical (unpaired) electrons. The summed E-state index contributed by atoms with van der Waals surface area (Å²) in [5.74, 6) is 3.38. The first-order chi connectivity index (χ1) is 8.66. The van der Waals surface area contributed by atoms with Gasteiger partial charge in [-0.3, -0.25) is 0 Å². The molecule has 100 valence electrons. The molecule has 0 spiro atoms. The molecule has 2 aliphatic rings. The van der Waals surface area contributed by atoms with Crippen LogP contribution in [0.3, 0.4) is 0 Å². The zero-order valence-corrected chi connectivity index (χ0v) is 12.0. The lowest BCUT2D eigenvalue weighted by atomic mass is 10.1. The fraction of sp³-hybridized carbons (Fsp3) is 0.846. The maximum Gasteiger partial charge on any atom is 0.191 e. The number of aromatic nitrogens is 3. The van der Waals surface area contributed by atoms with E-state index in [2.05, 4.69) is 28.6 Å². The minimum atomic E-state index is 0.240. The van der Waals surface area contributed by atoms with E-state index in [9.17, 15) is 0 Å². The molecule has 1 aromatic heterocycles. The zero-order valence-electron chi connectivity index (χ0n) is 11.2. The molecule has 0 aromatic carbocycles. The third-order valence-electron chi connectivity index (χ3n) is 3.81. The molecule has 1 unspecified atom stereocenters. The largest absolute Gasteiger partial charge is 0.327 e. The SMILES string of the molecule is CC(C)C(N)CSc1nnc(C2CC2)n1C1CC1. The number of hydrogen-bond donors (Lipinski definition) is 1. The minimum absolute atomic E-state index is 0.240. The summed E-state index contributed by atoms with van der Waals surface area (Å²) in [6.07, 6.45) is 5.17. The van der Waals surface area contributed by atoms with E-state index in [1.54, 1.807) is 11.8 Å². The summed E-state index contributed by atoms with van der Waals surface area (Å²) < 4.78 is 2.40. The Morgan fingerprint density at radius 3 is 2.56 bits per heavy atom. The third kappa shape index (κ3) is 2.57. The van der Waals surface area contributed by atoms with E-state index in [1.807, 2.05) is 0 Å². The molecule has 0 aliphatic heterocycles. The van der Waals surface area contributed by atoms with Gasteiger partial charge in [0.15, 0.2) is 5.16 Å². The Morgan fingerprint density at radius 1 is 1.28 bits per heavy atom. The highest BCUT2D eigenvalue weighted by molar-refractivity contribution is 7.99. The molecule has 0 amide bonds. The fourth-order valence-electron chi connectivity index (χ4n) is 2.05. The molecule has 2 N–H and O–H groups in total. The summed E-state index contributed by atoms with van der Waals surface area (Å²) in [5, 5.41) is 9.90. The zero-order chi connectivity index (χ0) is 12.7. The molecule has 18 heavy (non-hydrogen) atoms. The van der Waals surface area contributed by atoms with Gasteiger partial charge < -0.3 is 10.3 Å². The van der Waals surface area contributed by atoms with E-state index in [0.29, 0.717) is 17.9 Å². The van der Waals surface area contributed by atoms with E-state index in [1.165, 1.54) is 31.5 Å². The van der Waals surface area contributed by atoms with Crippen LogP contribution in [0.15, 0.2) is 5.16 Å². The van der Waals surface area contributed by atoms with Gasteiger partial charge in [0.25, 0.3) is 0 Å². The van der Waals surface area contributed by atoms with Crippen molar-refractivity contribution in [3.63, 3.8) is 0 Å². The van der Waals surface area contributed by atoms with Gasteiger partial charge >= 0.3 is 0 Å². The standard InChI is InChI=1S/C13H22N4S/c1-8(2)11(14)7-18-13-16-15-12(9-3-4-9)17(13)10-5-6-10/h8-11H,3-7,14H2,1-2H3. The van der Waals surface area contributed by atoms with E-state index in [-0.39, 0.29) is 6.04 Å². The maximum absolute atomic E-state index is 6.11. The second kappa shape index (κ2) is 4.85. The van der Waals surface area contributed by atoms with E-state index in [0.717, 1.165) is 10.9 Å². The van der Waals surface area contributed by atoms with Crippen LogP contribution in [0.4, 0.5) is 0 Å². The van der Waals surface area contributed by atoms with Crippen LogP contribution in [-0.4, -0.2) is 26.6 Å². The highest BCUT2D eigenvalue weighted by atomic mass is 32.2. The second-order valence-corrected chi connectivity index (χ2v) is 6.92. The van der Waals surface area contributed by atoms with Gasteiger partial charge in [-0.15, -0.1) is 10.2 Å². The van der Waals surface area contributed by atoms with Crippen LogP contribution in [0.5, 0.6) is 0 Å². The lowest BCUT2D eigenvalue weighted by Gasteiger charge is -2.15. The normalized spacial score (nSPS) is 21.6. The molecule has 1 atom stereocenters. The van der Waals surface area contributed by atoms with Gasteiger partial charge in [-0.25, -0.2) is 0 Å². The predicted molar refractivity (Wildman–Crippen MR) is 73.8 cm³/mol. The van der Waals surface area contributed by atoms with Crippen LogP contribution in [0.1, 0.15) is 57.3 Å². The van der Waals surface area contributed by atoms with Crippen molar-refractivity contribution < 1.29 is 0 Å². The smallest absolute Gasteiger partial charge is 0.191 e. The van der Waals surface area contributed by atoms with Gasteiger partial charge in [0.05, 0.1) is 0 Å². The summed E-state index contributed by atoms with van der Waals surface area (Å²) in [7, 11) is 0. The maximum atomic E-state index is 6.11. The van der Waals surface area contributed by atoms with Gasteiger partial charge in [-0.1, -0.05) is 25.6 Å². The van der Waals surface area contributed by atoms with E-state index >= 15 is 0 Å². The van der Waals surface area contributed by atoms with Crippen molar-refractivity contribution >= 4 is 11.8 Å². The average molecular weight is 266 g/mol. The Bertz CT molecular complexity index is 421. The first-order valence-corrected chi connectivity index (χ1v) is 7.98. The topological polar surface area (TPSA) is 56.7 Å². The highest BCUT2D eigenvalue weighted by Gasteiger charge is 2.36. The molecule has 0 bridgehead atoms. The molecular weight excluding hydrogens is 244 g/mol.